The van der Waals surface area contributed by atoms with E-state index in [9.17, 15) is 0 Å². The number of hydrogen-bond acceptors (Lipinski definition) is 4. The van der Waals surface area contributed by atoms with Crippen molar-refractivity contribution in [1.29, 1.82) is 0 Å². The summed E-state index contributed by atoms with van der Waals surface area (Å²) in [4.78, 5) is 18.5. The van der Waals surface area contributed by atoms with Crippen LogP contribution in [0.3, 0.4) is 0 Å². The van der Waals surface area contributed by atoms with Gasteiger partial charge in [0.05, 0.1) is 22.8 Å². The van der Waals surface area contributed by atoms with Crippen molar-refractivity contribution in [3.63, 3.8) is 0 Å². The Balaban J connectivity index is 1.28. The first-order valence-corrected chi connectivity index (χ1v) is 19.1. The summed E-state index contributed by atoms with van der Waals surface area (Å²) in [5.74, 6) is 0. The van der Waals surface area contributed by atoms with Gasteiger partial charge in [0, 0.05) is 62.9 Å². The molecular weight excluding hydrogens is 687 g/mol. The van der Waals surface area contributed by atoms with Crippen molar-refractivity contribution in [3.05, 3.63) is 162 Å². The fraction of sp³-hybridized carbons (Fsp3) is 0.102. The zero-order valence-electron chi connectivity index (χ0n) is 31.3. The van der Waals surface area contributed by atoms with Gasteiger partial charge < -0.3 is 19.3 Å². The number of benzene rings is 4. The van der Waals surface area contributed by atoms with E-state index >= 15 is 0 Å². The summed E-state index contributed by atoms with van der Waals surface area (Å²) >= 11 is 0. The number of aromatic nitrogens is 4. The second-order valence-electron chi connectivity index (χ2n) is 15.3. The molecule has 1 fully saturated rings. The molecule has 7 heteroatoms. The molecule has 6 heterocycles. The van der Waals surface area contributed by atoms with E-state index in [-0.39, 0.29) is 5.41 Å². The molecular formula is C49H39BN4O2. The monoisotopic (exact) mass is 726 g/mol. The quantitative estimate of drug-likeness (QED) is 0.173. The second kappa shape index (κ2) is 14.0. The fourth-order valence-electron chi connectivity index (χ4n) is 7.93. The predicted molar refractivity (Wildman–Crippen MR) is 232 cm³/mol. The smallest absolute Gasteiger partial charge is 0.407 e. The lowest BCUT2D eigenvalue weighted by Crippen LogP contribution is -2.47. The molecule has 270 valence electrons. The van der Waals surface area contributed by atoms with E-state index in [0.717, 1.165) is 94.8 Å². The number of H-pyrrole nitrogens is 2. The van der Waals surface area contributed by atoms with Gasteiger partial charge in [0.15, 0.2) is 0 Å². The number of nitrogens with one attached hydrogen (secondary N) is 2. The Bertz CT molecular complexity index is 2770. The molecule has 3 aliphatic rings. The van der Waals surface area contributed by atoms with Crippen molar-refractivity contribution in [2.75, 3.05) is 13.2 Å². The standard InChI is InChI=1S/C49H39BN4O2/c1-49(2)30-55-50(56-31-49)36-20-18-35(19-21-36)48-43-28-26-41(53-43)46(33-14-8-4-9-15-33)39-24-22-37(51-39)45(32-12-6-3-7-13-32)38-23-25-40(52-38)47(34-16-10-5-11-17-34)42-27-29-44(48)54-42/h3-29,51,54H,30-31H2,1-2H3. The van der Waals surface area contributed by atoms with Crippen LogP contribution in [0.15, 0.2) is 140 Å². The van der Waals surface area contributed by atoms with Crippen LogP contribution in [0, 0.1) is 5.41 Å². The maximum atomic E-state index is 6.14. The van der Waals surface area contributed by atoms with Crippen LogP contribution < -0.4 is 5.46 Å². The van der Waals surface area contributed by atoms with Crippen molar-refractivity contribution >= 4 is 59.0 Å². The van der Waals surface area contributed by atoms with E-state index in [1.165, 1.54) is 0 Å². The van der Waals surface area contributed by atoms with Gasteiger partial charge in [0.25, 0.3) is 0 Å². The molecule has 56 heavy (non-hydrogen) atoms. The summed E-state index contributed by atoms with van der Waals surface area (Å²) in [6.07, 6.45) is 8.53. The molecule has 0 spiro atoms. The Morgan fingerprint density at radius 1 is 0.429 bits per heavy atom. The van der Waals surface area contributed by atoms with Crippen LogP contribution in [0.25, 0.3) is 90.9 Å². The average molecular weight is 727 g/mol. The number of nitrogens with zero attached hydrogens (tertiary/aromatic N) is 2. The summed E-state index contributed by atoms with van der Waals surface area (Å²) in [7, 11) is -0.391. The fourth-order valence-corrected chi connectivity index (χ4v) is 7.93. The average Bonchev–Trinajstić information content (AvgIpc) is 4.08. The van der Waals surface area contributed by atoms with E-state index in [0.29, 0.717) is 13.2 Å². The molecule has 0 amide bonds. The molecule has 1 saturated heterocycles. The van der Waals surface area contributed by atoms with Gasteiger partial charge in [-0.2, -0.15) is 0 Å². The van der Waals surface area contributed by atoms with E-state index in [4.69, 9.17) is 19.3 Å². The summed E-state index contributed by atoms with van der Waals surface area (Å²) in [6, 6.07) is 48.6. The summed E-state index contributed by atoms with van der Waals surface area (Å²) in [5.41, 5.74) is 16.7. The number of rotatable bonds is 5. The zero-order chi connectivity index (χ0) is 37.6. The van der Waals surface area contributed by atoms with Crippen LogP contribution >= 0.6 is 0 Å². The number of aromatic amines is 2. The van der Waals surface area contributed by atoms with Gasteiger partial charge in [0.2, 0.25) is 0 Å². The Kier molecular flexibility index (Phi) is 8.47. The number of fused-ring (bicyclic) bond motifs is 8. The molecule has 8 bridgehead atoms. The highest BCUT2D eigenvalue weighted by atomic mass is 16.6. The maximum absolute atomic E-state index is 6.14. The Morgan fingerprint density at radius 2 is 0.750 bits per heavy atom. The van der Waals surface area contributed by atoms with Crippen LogP contribution in [0.5, 0.6) is 0 Å². The van der Waals surface area contributed by atoms with Crippen LogP contribution in [-0.4, -0.2) is 40.3 Å². The van der Waals surface area contributed by atoms with Crippen molar-refractivity contribution in [2.24, 2.45) is 5.41 Å². The van der Waals surface area contributed by atoms with Gasteiger partial charge in [0.1, 0.15) is 0 Å². The van der Waals surface area contributed by atoms with Crippen LogP contribution in [0.2, 0.25) is 0 Å². The van der Waals surface area contributed by atoms with Crippen molar-refractivity contribution in [3.8, 4) is 44.5 Å². The molecule has 0 saturated carbocycles. The van der Waals surface area contributed by atoms with E-state index < -0.39 is 7.12 Å². The lowest BCUT2D eigenvalue weighted by atomic mass is 9.75. The minimum absolute atomic E-state index is 0.00266. The highest BCUT2D eigenvalue weighted by Gasteiger charge is 2.33. The van der Waals surface area contributed by atoms with Crippen LogP contribution in [0.1, 0.15) is 36.6 Å². The minimum Gasteiger partial charge on any atom is -0.407 e. The summed E-state index contributed by atoms with van der Waals surface area (Å²) in [5, 5.41) is 0. The van der Waals surface area contributed by atoms with Crippen molar-refractivity contribution in [2.45, 2.75) is 13.8 Å². The first kappa shape index (κ1) is 34.0. The SMILES string of the molecule is CC1(C)COB(c2ccc(-c3c4nc(c(-c5ccccc5)c5ccc([nH]5)c(-c5ccccc5)c5nc(c(-c6ccccc6)c6ccc3[nH]6)C=C5)C=C4)cc2)OC1. The van der Waals surface area contributed by atoms with E-state index in [2.05, 4.69) is 169 Å². The predicted octanol–water partition coefficient (Wildman–Crippen LogP) is 11.1. The molecule has 0 aliphatic carbocycles. The van der Waals surface area contributed by atoms with Gasteiger partial charge >= 0.3 is 7.12 Å². The Labute approximate surface area is 326 Å². The first-order chi connectivity index (χ1) is 27.5. The molecule has 7 aromatic rings. The van der Waals surface area contributed by atoms with Crippen LogP contribution in [-0.2, 0) is 9.31 Å². The van der Waals surface area contributed by atoms with Crippen molar-refractivity contribution in [1.82, 2.24) is 19.9 Å². The summed E-state index contributed by atoms with van der Waals surface area (Å²) < 4.78 is 12.3. The van der Waals surface area contributed by atoms with Gasteiger partial charge in [-0.25, -0.2) is 9.97 Å². The highest BCUT2D eigenvalue weighted by Crippen LogP contribution is 2.38. The lowest BCUT2D eigenvalue weighted by Gasteiger charge is -2.33. The largest absolute Gasteiger partial charge is 0.493 e. The third-order valence-electron chi connectivity index (χ3n) is 10.7. The molecule has 0 atom stereocenters. The molecule has 3 aliphatic heterocycles. The minimum atomic E-state index is -0.391. The Hall–Kier alpha value is -6.54. The number of hydrogen-bond donors (Lipinski definition) is 2. The second-order valence-corrected chi connectivity index (χ2v) is 15.3. The van der Waals surface area contributed by atoms with Crippen molar-refractivity contribution < 1.29 is 9.31 Å². The topological polar surface area (TPSA) is 75.8 Å². The maximum Gasteiger partial charge on any atom is 0.493 e. The van der Waals surface area contributed by atoms with E-state index in [1.54, 1.807) is 0 Å². The molecule has 10 rings (SSSR count). The zero-order valence-corrected chi connectivity index (χ0v) is 31.3. The third kappa shape index (κ3) is 6.31. The molecule has 3 aromatic heterocycles. The highest BCUT2D eigenvalue weighted by molar-refractivity contribution is 6.61. The molecule has 4 aromatic carbocycles. The Morgan fingerprint density at radius 3 is 1.09 bits per heavy atom. The van der Waals surface area contributed by atoms with E-state index in [1.807, 2.05) is 18.2 Å². The third-order valence-corrected chi connectivity index (χ3v) is 10.7. The first-order valence-electron chi connectivity index (χ1n) is 19.1. The van der Waals surface area contributed by atoms with Gasteiger partial charge in [-0.05, 0) is 76.3 Å². The molecule has 6 nitrogen and oxygen atoms in total. The summed E-state index contributed by atoms with van der Waals surface area (Å²) in [6.45, 7) is 5.62. The molecule has 2 N–H and O–H groups in total. The molecule has 0 radical (unpaired) electrons. The van der Waals surface area contributed by atoms with Gasteiger partial charge in [-0.3, -0.25) is 0 Å². The van der Waals surface area contributed by atoms with Gasteiger partial charge in [-0.1, -0.05) is 129 Å². The molecule has 0 unspecified atom stereocenters. The van der Waals surface area contributed by atoms with Crippen LogP contribution in [0.4, 0.5) is 0 Å². The van der Waals surface area contributed by atoms with Gasteiger partial charge in [-0.15, -0.1) is 0 Å². The lowest BCUT2D eigenvalue weighted by molar-refractivity contribution is 0.0343. The normalized spacial score (nSPS) is 14.6.